The summed E-state index contributed by atoms with van der Waals surface area (Å²) in [5, 5.41) is 0. The van der Waals surface area contributed by atoms with Crippen LogP contribution >= 0.6 is 15.9 Å². The Kier molecular flexibility index (Phi) is 3.86. The number of benzene rings is 1. The minimum absolute atomic E-state index is 0.149. The number of amides is 1. The summed E-state index contributed by atoms with van der Waals surface area (Å²) in [4.78, 5) is 18.5. The van der Waals surface area contributed by atoms with Crippen LogP contribution < -0.4 is 11.5 Å². The predicted molar refractivity (Wildman–Crippen MR) is 73.1 cm³/mol. The summed E-state index contributed by atoms with van der Waals surface area (Å²) < 4.78 is 39.4. The Bertz CT molecular complexity index is 718. The topological polar surface area (TPSA) is 94.9 Å². The Balaban J connectivity index is 2.62. The number of rotatable bonds is 2. The van der Waals surface area contributed by atoms with Crippen molar-refractivity contribution in [2.45, 2.75) is 6.18 Å². The minimum Gasteiger partial charge on any atom is -0.383 e. The first-order valence-corrected chi connectivity index (χ1v) is 6.29. The zero-order valence-corrected chi connectivity index (χ0v) is 11.9. The first-order valence-electron chi connectivity index (χ1n) is 5.49. The molecule has 1 aromatic carbocycles. The van der Waals surface area contributed by atoms with E-state index in [2.05, 4.69) is 25.9 Å². The smallest absolute Gasteiger partial charge is 0.383 e. The first kappa shape index (κ1) is 15.2. The van der Waals surface area contributed by atoms with E-state index in [1.165, 1.54) is 12.1 Å². The molecule has 0 fully saturated rings. The molecule has 5 nitrogen and oxygen atoms in total. The van der Waals surface area contributed by atoms with Gasteiger partial charge in [-0.1, -0.05) is 15.9 Å². The quantitative estimate of drug-likeness (QED) is 0.860. The molecule has 0 bridgehead atoms. The van der Waals surface area contributed by atoms with E-state index in [1.807, 2.05) is 0 Å². The van der Waals surface area contributed by atoms with Gasteiger partial charge in [0, 0.05) is 16.2 Å². The number of nitrogen functional groups attached to an aromatic ring is 1. The molecule has 0 unspecified atom stereocenters. The standard InChI is InChI=1S/C12H8BrF3N4O/c13-5-1-2-6(8(3-5)12(14,15)16)11-19-4-7(10(18)21)9(17)20-11/h1-4H,(H2,18,21)(H2,17,19,20). The molecule has 0 aliphatic carbocycles. The van der Waals surface area contributed by atoms with Gasteiger partial charge in [-0.2, -0.15) is 13.2 Å². The molecule has 0 aliphatic heterocycles. The van der Waals surface area contributed by atoms with Crippen LogP contribution in [0.5, 0.6) is 0 Å². The molecule has 0 atom stereocenters. The lowest BCUT2D eigenvalue weighted by atomic mass is 10.1. The van der Waals surface area contributed by atoms with Crippen LogP contribution in [0, 0.1) is 0 Å². The molecule has 0 radical (unpaired) electrons. The molecule has 0 spiro atoms. The molecule has 1 heterocycles. The summed E-state index contributed by atoms with van der Waals surface area (Å²) in [7, 11) is 0. The number of hydrogen-bond acceptors (Lipinski definition) is 4. The number of carbonyl (C=O) groups is 1. The molecule has 0 aliphatic rings. The molecule has 1 aromatic heterocycles. The monoisotopic (exact) mass is 360 g/mol. The van der Waals surface area contributed by atoms with Gasteiger partial charge >= 0.3 is 6.18 Å². The van der Waals surface area contributed by atoms with Gasteiger partial charge in [0.2, 0.25) is 0 Å². The van der Waals surface area contributed by atoms with Crippen molar-refractivity contribution in [2.24, 2.45) is 5.73 Å². The lowest BCUT2D eigenvalue weighted by Crippen LogP contribution is -2.16. The van der Waals surface area contributed by atoms with Gasteiger partial charge in [0.25, 0.3) is 5.91 Å². The molecule has 110 valence electrons. The molecule has 0 saturated heterocycles. The SMILES string of the molecule is NC(=O)c1cnc(-c2ccc(Br)cc2C(F)(F)F)nc1N. The van der Waals surface area contributed by atoms with Gasteiger partial charge in [-0.15, -0.1) is 0 Å². The van der Waals surface area contributed by atoms with Crippen LogP contribution in [0.1, 0.15) is 15.9 Å². The molecule has 2 rings (SSSR count). The fourth-order valence-corrected chi connectivity index (χ4v) is 2.02. The van der Waals surface area contributed by atoms with Crippen LogP contribution in [-0.2, 0) is 6.18 Å². The van der Waals surface area contributed by atoms with E-state index in [-0.39, 0.29) is 27.2 Å². The molecule has 21 heavy (non-hydrogen) atoms. The van der Waals surface area contributed by atoms with Gasteiger partial charge < -0.3 is 11.5 Å². The first-order chi connectivity index (χ1) is 9.70. The number of alkyl halides is 3. The lowest BCUT2D eigenvalue weighted by Gasteiger charge is -2.13. The van der Waals surface area contributed by atoms with Crippen molar-refractivity contribution >= 4 is 27.7 Å². The number of aromatic nitrogens is 2. The van der Waals surface area contributed by atoms with Crippen LogP contribution in [0.25, 0.3) is 11.4 Å². The Morgan fingerprint density at radius 1 is 1.29 bits per heavy atom. The van der Waals surface area contributed by atoms with Crippen molar-refractivity contribution in [3.05, 3.63) is 40.0 Å². The number of nitrogens with zero attached hydrogens (tertiary/aromatic N) is 2. The second kappa shape index (κ2) is 5.32. The molecule has 4 N–H and O–H groups in total. The number of carbonyl (C=O) groups excluding carboxylic acids is 1. The number of nitrogens with two attached hydrogens (primary N) is 2. The number of anilines is 1. The summed E-state index contributed by atoms with van der Waals surface area (Å²) >= 11 is 2.98. The van der Waals surface area contributed by atoms with Crippen LogP contribution in [-0.4, -0.2) is 15.9 Å². The number of primary amides is 1. The van der Waals surface area contributed by atoms with E-state index in [9.17, 15) is 18.0 Å². The third-order valence-corrected chi connectivity index (χ3v) is 3.10. The van der Waals surface area contributed by atoms with Gasteiger partial charge in [0.05, 0.1) is 11.1 Å². The second-order valence-corrected chi connectivity index (χ2v) is 4.96. The largest absolute Gasteiger partial charge is 0.417 e. The Labute approximate surface area is 125 Å². The Morgan fingerprint density at radius 2 is 1.95 bits per heavy atom. The van der Waals surface area contributed by atoms with Crippen LogP contribution in [0.4, 0.5) is 19.0 Å². The van der Waals surface area contributed by atoms with Crippen molar-refractivity contribution in [3.63, 3.8) is 0 Å². The highest BCUT2D eigenvalue weighted by Gasteiger charge is 2.34. The Hall–Kier alpha value is -2.16. The highest BCUT2D eigenvalue weighted by molar-refractivity contribution is 9.10. The van der Waals surface area contributed by atoms with E-state index < -0.39 is 17.6 Å². The van der Waals surface area contributed by atoms with Crippen molar-refractivity contribution in [1.29, 1.82) is 0 Å². The van der Waals surface area contributed by atoms with E-state index in [4.69, 9.17) is 11.5 Å². The second-order valence-electron chi connectivity index (χ2n) is 4.04. The molecule has 1 amide bonds. The van der Waals surface area contributed by atoms with Crippen LogP contribution in [0.3, 0.4) is 0 Å². The summed E-state index contributed by atoms with van der Waals surface area (Å²) in [6.07, 6.45) is -3.58. The third-order valence-electron chi connectivity index (χ3n) is 2.61. The fourth-order valence-electron chi connectivity index (χ4n) is 1.66. The normalized spacial score (nSPS) is 11.4. The molecule has 9 heteroatoms. The summed E-state index contributed by atoms with van der Waals surface area (Å²) in [6.45, 7) is 0. The zero-order valence-electron chi connectivity index (χ0n) is 10.3. The minimum atomic E-state index is -4.58. The zero-order chi connectivity index (χ0) is 15.8. The maximum absolute atomic E-state index is 13.0. The maximum Gasteiger partial charge on any atom is 0.417 e. The average molecular weight is 361 g/mol. The highest BCUT2D eigenvalue weighted by Crippen LogP contribution is 2.37. The summed E-state index contributed by atoms with van der Waals surface area (Å²) in [5.74, 6) is -1.37. The summed E-state index contributed by atoms with van der Waals surface area (Å²) in [5.41, 5.74) is 9.24. The van der Waals surface area contributed by atoms with Crippen LogP contribution in [0.2, 0.25) is 0 Å². The fraction of sp³-hybridized carbons (Fsp3) is 0.0833. The third kappa shape index (κ3) is 3.13. The van der Waals surface area contributed by atoms with Gasteiger partial charge in [0.1, 0.15) is 5.82 Å². The van der Waals surface area contributed by atoms with Crippen molar-refractivity contribution in [2.75, 3.05) is 5.73 Å². The van der Waals surface area contributed by atoms with Crippen molar-refractivity contribution in [3.8, 4) is 11.4 Å². The van der Waals surface area contributed by atoms with Crippen molar-refractivity contribution < 1.29 is 18.0 Å². The van der Waals surface area contributed by atoms with Gasteiger partial charge in [-0.25, -0.2) is 9.97 Å². The van der Waals surface area contributed by atoms with E-state index in [0.29, 0.717) is 0 Å². The van der Waals surface area contributed by atoms with Crippen LogP contribution in [0.15, 0.2) is 28.9 Å². The maximum atomic E-state index is 13.0. The molecule has 0 saturated carbocycles. The molecule has 2 aromatic rings. The molecular weight excluding hydrogens is 353 g/mol. The van der Waals surface area contributed by atoms with Gasteiger partial charge in [0.15, 0.2) is 5.82 Å². The lowest BCUT2D eigenvalue weighted by molar-refractivity contribution is -0.137. The van der Waals surface area contributed by atoms with Gasteiger partial charge in [-0.3, -0.25) is 4.79 Å². The predicted octanol–water partition coefficient (Wildman–Crippen LogP) is 2.61. The summed E-state index contributed by atoms with van der Waals surface area (Å²) in [6, 6.07) is 3.55. The van der Waals surface area contributed by atoms with E-state index in [0.717, 1.165) is 12.3 Å². The number of halogens is 4. The van der Waals surface area contributed by atoms with E-state index in [1.54, 1.807) is 0 Å². The van der Waals surface area contributed by atoms with E-state index >= 15 is 0 Å². The van der Waals surface area contributed by atoms with Crippen molar-refractivity contribution in [1.82, 2.24) is 9.97 Å². The Morgan fingerprint density at radius 3 is 2.48 bits per heavy atom. The molecular formula is C12H8BrF3N4O. The van der Waals surface area contributed by atoms with Gasteiger partial charge in [-0.05, 0) is 18.2 Å². The highest BCUT2D eigenvalue weighted by atomic mass is 79.9. The number of hydrogen-bond donors (Lipinski definition) is 2. The average Bonchev–Trinajstić information content (AvgIpc) is 2.37.